The summed E-state index contributed by atoms with van der Waals surface area (Å²) in [6, 6.07) is 8.13. The number of nitrogens with zero attached hydrogens (tertiary/aromatic N) is 3. The number of nitrogens with one attached hydrogen (secondary N) is 1. The Morgan fingerprint density at radius 2 is 2.07 bits per heavy atom. The van der Waals surface area contributed by atoms with Gasteiger partial charge in [-0.25, -0.2) is 9.97 Å². The van der Waals surface area contributed by atoms with Gasteiger partial charge in [0.15, 0.2) is 0 Å². The van der Waals surface area contributed by atoms with Crippen LogP contribution in [0.25, 0.3) is 20.7 Å². The number of hydrogen-bond acceptors (Lipinski definition) is 8. The zero-order valence-electron chi connectivity index (χ0n) is 16.1. The molecule has 5 rings (SSSR count). The molecule has 1 N–H and O–H groups in total. The van der Waals surface area contributed by atoms with Crippen molar-refractivity contribution in [2.24, 2.45) is 0 Å². The summed E-state index contributed by atoms with van der Waals surface area (Å²) in [5, 5.41) is 8.95. The molecule has 0 aliphatic carbocycles. The van der Waals surface area contributed by atoms with Crippen molar-refractivity contribution in [1.82, 2.24) is 14.9 Å². The summed E-state index contributed by atoms with van der Waals surface area (Å²) < 4.78 is 11.1. The van der Waals surface area contributed by atoms with E-state index in [1.54, 1.807) is 28.9 Å². The molecule has 0 saturated carbocycles. The maximum Gasteiger partial charge on any atom is 0.146 e. The van der Waals surface area contributed by atoms with Gasteiger partial charge in [-0.1, -0.05) is 6.07 Å². The van der Waals surface area contributed by atoms with Crippen LogP contribution in [-0.4, -0.2) is 41.2 Å². The first kappa shape index (κ1) is 18.7. The normalized spacial score (nSPS) is 16.3. The molecule has 1 saturated heterocycles. The zero-order valence-corrected chi connectivity index (χ0v) is 17.8. The van der Waals surface area contributed by atoms with Crippen LogP contribution < -0.4 is 5.32 Å². The first-order chi connectivity index (χ1) is 14.3. The van der Waals surface area contributed by atoms with Crippen LogP contribution in [0.1, 0.15) is 24.6 Å². The number of rotatable bonds is 6. The van der Waals surface area contributed by atoms with Crippen molar-refractivity contribution in [3.05, 3.63) is 52.9 Å². The van der Waals surface area contributed by atoms with E-state index in [-0.39, 0.29) is 6.04 Å². The highest BCUT2D eigenvalue weighted by atomic mass is 32.1. The molecule has 0 radical (unpaired) electrons. The van der Waals surface area contributed by atoms with Gasteiger partial charge in [0.2, 0.25) is 0 Å². The van der Waals surface area contributed by atoms with Crippen molar-refractivity contribution >= 4 is 38.7 Å². The summed E-state index contributed by atoms with van der Waals surface area (Å²) in [6.07, 6.45) is 1.70. The highest BCUT2D eigenvalue weighted by Crippen LogP contribution is 2.39. The molecule has 29 heavy (non-hydrogen) atoms. The molecule has 1 aliphatic rings. The molecule has 1 atom stereocenters. The van der Waals surface area contributed by atoms with Gasteiger partial charge in [0.05, 0.1) is 37.4 Å². The van der Waals surface area contributed by atoms with Gasteiger partial charge in [-0.3, -0.25) is 4.90 Å². The Balaban J connectivity index is 1.54. The summed E-state index contributed by atoms with van der Waals surface area (Å²) in [6.45, 7) is 6.19. The SMILES string of the molecule is C[C@@H](Nc1nc(CN2CCOCC2)nc2scc(-c3cccs3)c12)c1ccco1. The molecule has 0 unspecified atom stereocenters. The smallest absolute Gasteiger partial charge is 0.146 e. The third-order valence-electron chi connectivity index (χ3n) is 5.06. The summed E-state index contributed by atoms with van der Waals surface area (Å²) in [7, 11) is 0. The number of ether oxygens (including phenoxy) is 1. The molecule has 4 aromatic heterocycles. The van der Waals surface area contributed by atoms with Crippen molar-refractivity contribution in [3.63, 3.8) is 0 Å². The second-order valence-electron chi connectivity index (χ2n) is 7.07. The maximum absolute atomic E-state index is 5.59. The summed E-state index contributed by atoms with van der Waals surface area (Å²) in [5.41, 5.74) is 1.19. The standard InChI is InChI=1S/C21H22N4O2S2/c1-14(16-4-2-8-27-16)22-20-19-15(17-5-3-11-28-17)13-29-21(19)24-18(23-20)12-25-6-9-26-10-7-25/h2-5,8,11,13-14H,6-7,9-10,12H2,1H3,(H,22,23,24)/t14-/m1/s1. The molecule has 6 nitrogen and oxygen atoms in total. The van der Waals surface area contributed by atoms with Crippen molar-refractivity contribution < 1.29 is 9.15 Å². The van der Waals surface area contributed by atoms with Gasteiger partial charge >= 0.3 is 0 Å². The van der Waals surface area contributed by atoms with E-state index in [2.05, 4.69) is 40.0 Å². The second kappa shape index (κ2) is 8.23. The molecule has 0 amide bonds. The van der Waals surface area contributed by atoms with Crippen LogP contribution in [-0.2, 0) is 11.3 Å². The van der Waals surface area contributed by atoms with Gasteiger partial charge in [0.1, 0.15) is 22.2 Å². The van der Waals surface area contributed by atoms with Crippen molar-refractivity contribution in [2.75, 3.05) is 31.6 Å². The highest BCUT2D eigenvalue weighted by molar-refractivity contribution is 7.18. The average molecular weight is 427 g/mol. The number of anilines is 1. The van der Waals surface area contributed by atoms with E-state index in [1.807, 2.05) is 12.1 Å². The van der Waals surface area contributed by atoms with Crippen LogP contribution in [0.5, 0.6) is 0 Å². The number of thiophene rings is 2. The largest absolute Gasteiger partial charge is 0.467 e. The minimum Gasteiger partial charge on any atom is -0.467 e. The van der Waals surface area contributed by atoms with Crippen LogP contribution in [0.3, 0.4) is 0 Å². The molecular weight excluding hydrogens is 404 g/mol. The van der Waals surface area contributed by atoms with Crippen molar-refractivity contribution in [1.29, 1.82) is 0 Å². The Morgan fingerprint density at radius 3 is 2.83 bits per heavy atom. The Hall–Kier alpha value is -2.26. The van der Waals surface area contributed by atoms with E-state index in [0.29, 0.717) is 0 Å². The molecular formula is C21H22N4O2S2. The maximum atomic E-state index is 5.59. The predicted octanol–water partition coefficient (Wildman–Crippen LogP) is 5.02. The number of aromatic nitrogens is 2. The molecule has 150 valence electrons. The quantitative estimate of drug-likeness (QED) is 0.467. The number of hydrogen-bond donors (Lipinski definition) is 1. The lowest BCUT2D eigenvalue weighted by Gasteiger charge is -2.26. The van der Waals surface area contributed by atoms with Gasteiger partial charge < -0.3 is 14.5 Å². The van der Waals surface area contributed by atoms with Gasteiger partial charge in [-0.2, -0.15) is 0 Å². The van der Waals surface area contributed by atoms with Crippen molar-refractivity contribution in [3.8, 4) is 10.4 Å². The average Bonchev–Trinajstić information content (AvgIpc) is 3.49. The van der Waals surface area contributed by atoms with Crippen LogP contribution in [0.2, 0.25) is 0 Å². The fourth-order valence-electron chi connectivity index (χ4n) is 3.55. The molecule has 4 aromatic rings. The molecule has 0 aromatic carbocycles. The third-order valence-corrected chi connectivity index (χ3v) is 6.83. The molecule has 0 bridgehead atoms. The van der Waals surface area contributed by atoms with E-state index < -0.39 is 0 Å². The van der Waals surface area contributed by atoms with E-state index in [9.17, 15) is 0 Å². The van der Waals surface area contributed by atoms with Gasteiger partial charge in [-0.15, -0.1) is 22.7 Å². The number of morpholine rings is 1. The molecule has 0 spiro atoms. The predicted molar refractivity (Wildman–Crippen MR) is 118 cm³/mol. The first-order valence-corrected chi connectivity index (χ1v) is 11.5. The Bertz CT molecular complexity index is 1070. The lowest BCUT2D eigenvalue weighted by molar-refractivity contribution is 0.0331. The number of furan rings is 1. The van der Waals surface area contributed by atoms with Crippen molar-refractivity contribution in [2.45, 2.75) is 19.5 Å². The van der Waals surface area contributed by atoms with E-state index in [1.165, 1.54) is 10.4 Å². The molecule has 5 heterocycles. The van der Waals surface area contributed by atoms with Crippen LogP contribution >= 0.6 is 22.7 Å². The Morgan fingerprint density at radius 1 is 1.17 bits per heavy atom. The minimum atomic E-state index is 0.00965. The van der Waals surface area contributed by atoms with E-state index in [4.69, 9.17) is 19.1 Å². The topological polar surface area (TPSA) is 63.4 Å². The number of fused-ring (bicyclic) bond motifs is 1. The molecule has 8 heteroatoms. The Kier molecular flexibility index (Phi) is 5.32. The summed E-state index contributed by atoms with van der Waals surface area (Å²) >= 11 is 3.41. The summed E-state index contributed by atoms with van der Waals surface area (Å²) in [4.78, 5) is 14.4. The summed E-state index contributed by atoms with van der Waals surface area (Å²) in [5.74, 6) is 2.60. The van der Waals surface area contributed by atoms with Gasteiger partial charge in [0.25, 0.3) is 0 Å². The van der Waals surface area contributed by atoms with Crippen LogP contribution in [0.15, 0.2) is 45.7 Å². The Labute approximate surface area is 177 Å². The van der Waals surface area contributed by atoms with Gasteiger partial charge in [0, 0.05) is 28.9 Å². The van der Waals surface area contributed by atoms with Crippen LogP contribution in [0, 0.1) is 0 Å². The van der Waals surface area contributed by atoms with E-state index >= 15 is 0 Å². The first-order valence-electron chi connectivity index (χ1n) is 9.70. The van der Waals surface area contributed by atoms with Crippen LogP contribution in [0.4, 0.5) is 5.82 Å². The molecule has 1 aliphatic heterocycles. The highest BCUT2D eigenvalue weighted by Gasteiger charge is 2.20. The lowest BCUT2D eigenvalue weighted by atomic mass is 10.1. The minimum absolute atomic E-state index is 0.00965. The fourth-order valence-corrected chi connectivity index (χ4v) is 5.33. The fraction of sp³-hybridized carbons (Fsp3) is 0.333. The zero-order chi connectivity index (χ0) is 19.6. The van der Waals surface area contributed by atoms with E-state index in [0.717, 1.165) is 60.5 Å². The lowest BCUT2D eigenvalue weighted by Crippen LogP contribution is -2.36. The molecule has 1 fully saturated rings. The third kappa shape index (κ3) is 3.93. The van der Waals surface area contributed by atoms with Gasteiger partial charge in [-0.05, 0) is 30.5 Å². The second-order valence-corrected chi connectivity index (χ2v) is 8.87. The monoisotopic (exact) mass is 426 g/mol.